The van der Waals surface area contributed by atoms with Crippen LogP contribution in [0.5, 0.6) is 0 Å². The van der Waals surface area contributed by atoms with Crippen molar-refractivity contribution in [3.05, 3.63) is 105 Å². The molecule has 1 heterocycles. The van der Waals surface area contributed by atoms with Gasteiger partial charge in [0.25, 0.3) is 0 Å². The van der Waals surface area contributed by atoms with Gasteiger partial charge in [0.2, 0.25) is 5.69 Å². The molecule has 0 saturated carbocycles. The maximum absolute atomic E-state index is 13.1. The van der Waals surface area contributed by atoms with Gasteiger partial charge in [-0.3, -0.25) is 0 Å². The molecule has 0 radical (unpaired) electrons. The second kappa shape index (κ2) is 7.40. The van der Waals surface area contributed by atoms with Crippen molar-refractivity contribution in [1.82, 2.24) is 0 Å². The van der Waals surface area contributed by atoms with Crippen LogP contribution in [0.4, 0.5) is 18.9 Å². The van der Waals surface area contributed by atoms with E-state index in [0.717, 1.165) is 51.2 Å². The van der Waals surface area contributed by atoms with E-state index in [-0.39, 0.29) is 0 Å². The Hall–Kier alpha value is -2.82. The van der Waals surface area contributed by atoms with Gasteiger partial charge in [0.15, 0.2) is 6.21 Å². The highest BCUT2D eigenvalue weighted by molar-refractivity contribution is 6.33. The fourth-order valence-corrected chi connectivity index (χ4v) is 4.51. The van der Waals surface area contributed by atoms with E-state index in [9.17, 15) is 13.2 Å². The number of hydrogen-bond acceptors (Lipinski definition) is 0. The number of hydrogen-bond donors (Lipinski definition) is 1. The van der Waals surface area contributed by atoms with Crippen LogP contribution in [-0.2, 0) is 12.6 Å². The Balaban J connectivity index is 1.72. The predicted molar refractivity (Wildman–Crippen MR) is 120 cm³/mol. The third-order valence-corrected chi connectivity index (χ3v) is 6.04. The summed E-state index contributed by atoms with van der Waals surface area (Å²) in [6.07, 6.45) is 0.307. The number of benzene rings is 3. The lowest BCUT2D eigenvalue weighted by Crippen LogP contribution is -2.58. The van der Waals surface area contributed by atoms with Gasteiger partial charge in [-0.15, -0.1) is 0 Å². The highest BCUT2D eigenvalue weighted by Crippen LogP contribution is 2.44. The molecule has 0 amide bonds. The highest BCUT2D eigenvalue weighted by atomic mass is 35.5. The lowest BCUT2D eigenvalue weighted by atomic mass is 9.87. The van der Waals surface area contributed by atoms with Crippen LogP contribution in [0.1, 0.15) is 27.8 Å². The Morgan fingerprint density at radius 3 is 2.23 bits per heavy atom. The van der Waals surface area contributed by atoms with Crippen LogP contribution in [0.15, 0.2) is 66.7 Å². The smallest absolute Gasteiger partial charge is 0.210 e. The van der Waals surface area contributed by atoms with Crippen molar-refractivity contribution in [1.29, 1.82) is 0 Å². The summed E-state index contributed by atoms with van der Waals surface area (Å²) in [5, 5.41) is 1.27. The van der Waals surface area contributed by atoms with Gasteiger partial charge in [0, 0.05) is 21.7 Å². The molecule has 2 aliphatic rings. The topological polar surface area (TPSA) is 14.0 Å². The number of rotatable bonds is 2. The van der Waals surface area contributed by atoms with Gasteiger partial charge in [0.05, 0.1) is 16.7 Å². The maximum Gasteiger partial charge on any atom is 0.416 e. The molecule has 154 valence electrons. The van der Waals surface area contributed by atoms with E-state index in [4.69, 9.17) is 23.2 Å². The molecule has 3 aromatic carbocycles. The minimum Gasteiger partial charge on any atom is -0.210 e. The van der Waals surface area contributed by atoms with Crippen molar-refractivity contribution in [3.8, 4) is 0 Å². The number of alkyl halides is 3. The molecule has 1 N–H and O–H groups in total. The summed E-state index contributed by atoms with van der Waals surface area (Å²) in [4.78, 5) is 3.24. The summed E-state index contributed by atoms with van der Waals surface area (Å²) < 4.78 is 39.4. The average Bonchev–Trinajstić information content (AvgIpc) is 3.32. The van der Waals surface area contributed by atoms with Crippen molar-refractivity contribution in [3.63, 3.8) is 0 Å². The lowest BCUT2D eigenvalue weighted by molar-refractivity contribution is -0.342. The molecule has 31 heavy (non-hydrogen) atoms. The van der Waals surface area contributed by atoms with Gasteiger partial charge in [-0.2, -0.15) is 13.2 Å². The van der Waals surface area contributed by atoms with Crippen LogP contribution in [0, 0.1) is 0 Å². The molecule has 0 spiro atoms. The van der Waals surface area contributed by atoms with Crippen molar-refractivity contribution in [2.24, 2.45) is 0 Å². The Morgan fingerprint density at radius 1 is 0.839 bits per heavy atom. The maximum atomic E-state index is 13.1. The van der Waals surface area contributed by atoms with E-state index in [1.807, 2.05) is 42.6 Å². The van der Waals surface area contributed by atoms with Crippen molar-refractivity contribution in [2.45, 2.75) is 12.6 Å². The molecule has 0 saturated heterocycles. The number of halogens is 5. The van der Waals surface area contributed by atoms with Crippen molar-refractivity contribution >= 4 is 51.8 Å². The first-order chi connectivity index (χ1) is 14.8. The van der Waals surface area contributed by atoms with Crippen LogP contribution in [0.2, 0.25) is 10.0 Å². The predicted octanol–water partition coefficient (Wildman–Crippen LogP) is 6.36. The zero-order valence-corrected chi connectivity index (χ0v) is 17.5. The molecule has 1 nitrogen and oxygen atoms in total. The molecule has 1 aliphatic heterocycles. The summed E-state index contributed by atoms with van der Waals surface area (Å²) in [6, 6.07) is 16.6. The van der Waals surface area contributed by atoms with E-state index in [1.165, 1.54) is 12.1 Å². The molecule has 0 aromatic heterocycles. The highest BCUT2D eigenvalue weighted by Gasteiger charge is 2.31. The van der Waals surface area contributed by atoms with Crippen molar-refractivity contribution in [2.75, 3.05) is 0 Å². The van der Waals surface area contributed by atoms with Crippen LogP contribution < -0.4 is 4.99 Å². The SMILES string of the molecule is FC(F)(F)c1ccc(C(C2=CCc3cc(Cl)ccc32)=C2C=[NH+]c3cc(Cl)ccc32)cc1. The standard InChI is InChI=1S/C25H14Cl2F3N/c26-17-6-9-19-15(11-17)3-8-21(19)24(14-1-4-16(5-2-14)25(28,29)30)22-13-31-23-12-18(27)7-10-20(22)23/h1-2,4-13H,3H2/p+1. The summed E-state index contributed by atoms with van der Waals surface area (Å²) in [7, 11) is 0. The Bertz CT molecular complexity index is 1300. The Labute approximate surface area is 187 Å². The monoisotopic (exact) mass is 456 g/mol. The largest absolute Gasteiger partial charge is 0.416 e. The van der Waals surface area contributed by atoms with Gasteiger partial charge < -0.3 is 0 Å². The van der Waals surface area contributed by atoms with Gasteiger partial charge in [0.1, 0.15) is 0 Å². The molecular weight excluding hydrogens is 442 g/mol. The summed E-state index contributed by atoms with van der Waals surface area (Å²) >= 11 is 12.3. The van der Waals surface area contributed by atoms with Crippen LogP contribution in [0.3, 0.4) is 0 Å². The molecule has 0 unspecified atom stereocenters. The quantitative estimate of drug-likeness (QED) is 0.461. The van der Waals surface area contributed by atoms with Crippen LogP contribution in [0.25, 0.3) is 16.7 Å². The van der Waals surface area contributed by atoms with Crippen LogP contribution >= 0.6 is 23.2 Å². The fraction of sp³-hybridized carbons (Fsp3) is 0.0800. The molecule has 0 bridgehead atoms. The second-order valence-corrected chi connectivity index (χ2v) is 8.34. The Kier molecular flexibility index (Phi) is 4.80. The summed E-state index contributed by atoms with van der Waals surface area (Å²) in [5.41, 5.74) is 6.71. The normalized spacial score (nSPS) is 16.2. The first kappa shape index (κ1) is 20.1. The molecule has 0 atom stereocenters. The van der Waals surface area contributed by atoms with Crippen molar-refractivity contribution < 1.29 is 18.2 Å². The molecule has 6 heteroatoms. The van der Waals surface area contributed by atoms with Gasteiger partial charge in [-0.05, 0) is 65.1 Å². The van der Waals surface area contributed by atoms with Crippen LogP contribution in [-0.4, -0.2) is 6.21 Å². The van der Waals surface area contributed by atoms with Gasteiger partial charge in [-0.1, -0.05) is 47.5 Å². The first-order valence-corrected chi connectivity index (χ1v) is 10.4. The zero-order chi connectivity index (χ0) is 21.8. The Morgan fingerprint density at radius 2 is 1.52 bits per heavy atom. The van der Waals surface area contributed by atoms with E-state index in [0.29, 0.717) is 22.0 Å². The number of nitrogens with one attached hydrogen (secondary N) is 1. The molecule has 5 rings (SSSR count). The summed E-state index contributed by atoms with van der Waals surface area (Å²) in [6.45, 7) is 0. The first-order valence-electron chi connectivity index (χ1n) is 9.62. The average molecular weight is 457 g/mol. The lowest BCUT2D eigenvalue weighted by Gasteiger charge is -2.15. The number of fused-ring (bicyclic) bond motifs is 2. The summed E-state index contributed by atoms with van der Waals surface area (Å²) in [5.74, 6) is 0. The fourth-order valence-electron chi connectivity index (χ4n) is 4.14. The van der Waals surface area contributed by atoms with E-state index < -0.39 is 11.7 Å². The molecular formula is C25H15Cl2F3N+. The molecule has 1 aliphatic carbocycles. The molecule has 3 aromatic rings. The van der Waals surface area contributed by atoms with E-state index >= 15 is 0 Å². The van der Waals surface area contributed by atoms with Gasteiger partial charge in [-0.25, -0.2) is 4.99 Å². The molecule has 0 fully saturated rings. The second-order valence-electron chi connectivity index (χ2n) is 7.47. The third-order valence-electron chi connectivity index (χ3n) is 5.57. The minimum absolute atomic E-state index is 0.608. The third kappa shape index (κ3) is 3.60. The van der Waals surface area contributed by atoms with Gasteiger partial charge >= 0.3 is 6.18 Å². The minimum atomic E-state index is -4.38. The van der Waals surface area contributed by atoms with E-state index in [1.54, 1.807) is 0 Å². The number of allylic oxidation sites excluding steroid dienone is 4. The van der Waals surface area contributed by atoms with E-state index in [2.05, 4.69) is 11.1 Å². The zero-order valence-electron chi connectivity index (χ0n) is 16.0.